The van der Waals surface area contributed by atoms with Crippen molar-refractivity contribution in [2.24, 2.45) is 0 Å². The second-order valence-corrected chi connectivity index (χ2v) is 25.1. The number of hydroxylamine groups is 1. The van der Waals surface area contributed by atoms with Crippen LogP contribution in [0.15, 0.2) is 131 Å². The second kappa shape index (κ2) is 21.7. The maximum absolute atomic E-state index is 15.2. The second-order valence-electron chi connectivity index (χ2n) is 18.8. The molecule has 2 fully saturated rings. The lowest BCUT2D eigenvalue weighted by Gasteiger charge is -2.37. The number of carbonyl (C=O) groups is 1. The van der Waals surface area contributed by atoms with Crippen molar-refractivity contribution in [3.8, 4) is 22.4 Å². The number of anilines is 3. The topological polar surface area (TPSA) is 139 Å². The Morgan fingerprint density at radius 2 is 1.51 bits per heavy atom. The minimum Gasteiger partial charge on any atom is -0.478 e. The molecule has 0 bridgehead atoms. The minimum atomic E-state index is -5.94. The zero-order valence-corrected chi connectivity index (χ0v) is 44.0. The van der Waals surface area contributed by atoms with Crippen molar-refractivity contribution in [1.82, 2.24) is 14.3 Å². The Morgan fingerprint density at radius 1 is 0.861 bits per heavy atom. The molecule has 2 aliphatic heterocycles. The quantitative estimate of drug-likeness (QED) is 0.0592. The smallest absolute Gasteiger partial charge is 0.478 e. The molecule has 3 heterocycles. The number of aromatic carboxylic acids is 1. The van der Waals surface area contributed by atoms with E-state index in [2.05, 4.69) is 19.7 Å². The number of carboxylic acids is 1. The zero-order chi connectivity index (χ0) is 51.7. The van der Waals surface area contributed by atoms with Gasteiger partial charge in [-0.05, 0) is 138 Å². The van der Waals surface area contributed by atoms with E-state index >= 15 is 4.57 Å². The highest BCUT2D eigenvalue weighted by atomic mass is 35.5. The minimum absolute atomic E-state index is 0.0204. The number of thioether (sulfide) groups is 1. The van der Waals surface area contributed by atoms with E-state index in [0.717, 1.165) is 39.2 Å². The third kappa shape index (κ3) is 10.8. The number of nitrogens with zero attached hydrogens (tertiary/aromatic N) is 5. The van der Waals surface area contributed by atoms with Gasteiger partial charge >= 0.3 is 11.5 Å². The fourth-order valence-corrected chi connectivity index (χ4v) is 15.1. The largest absolute Gasteiger partial charge is 0.501 e. The molecule has 0 saturated carbocycles. The molecule has 6 aromatic rings. The lowest BCUT2D eigenvalue weighted by molar-refractivity contribution is -0.0435. The Labute approximate surface area is 428 Å². The van der Waals surface area contributed by atoms with Crippen LogP contribution in [-0.4, -0.2) is 110 Å². The molecule has 5 aromatic carbocycles. The molecule has 19 heteroatoms. The monoisotopic (exact) mass is 1060 g/mol. The van der Waals surface area contributed by atoms with Gasteiger partial charge in [0.25, 0.3) is 9.84 Å². The van der Waals surface area contributed by atoms with Gasteiger partial charge in [-0.3, -0.25) is 4.57 Å². The normalized spacial score (nSPS) is 18.3. The summed E-state index contributed by atoms with van der Waals surface area (Å²) in [5.41, 5.74) is -0.309. The number of nitrogens with one attached hydrogen (secondary N) is 1. The van der Waals surface area contributed by atoms with Crippen molar-refractivity contribution in [2.45, 2.75) is 66.7 Å². The number of hydrogen-bond donors (Lipinski definition) is 3. The third-order valence-electron chi connectivity index (χ3n) is 13.5. The maximum Gasteiger partial charge on any atom is 0.501 e. The molecular weight excluding hydrogens is 1000 g/mol. The van der Waals surface area contributed by atoms with Gasteiger partial charge in [-0.25, -0.2) is 13.2 Å². The summed E-state index contributed by atoms with van der Waals surface area (Å²) in [4.78, 5) is 19.9. The van der Waals surface area contributed by atoms with Crippen LogP contribution in [0.4, 0.5) is 30.2 Å². The van der Waals surface area contributed by atoms with Gasteiger partial charge < -0.3 is 34.9 Å². The zero-order valence-electron chi connectivity index (χ0n) is 40.7. The molecule has 0 aliphatic carbocycles. The average molecular weight is 1060 g/mol. The molecule has 72 heavy (non-hydrogen) atoms. The number of alkyl halides is 3. The summed E-state index contributed by atoms with van der Waals surface area (Å²) in [5.74, 6) is -0.582. The summed E-state index contributed by atoms with van der Waals surface area (Å²) in [6, 6.07) is 35.3. The van der Waals surface area contributed by atoms with Gasteiger partial charge in [-0.15, -0.1) is 16.6 Å². The van der Waals surface area contributed by atoms with E-state index in [1.165, 1.54) is 23.9 Å². The highest BCUT2D eigenvalue weighted by molar-refractivity contribution is 7.99. The van der Waals surface area contributed by atoms with Crippen LogP contribution in [0.3, 0.4) is 0 Å². The van der Waals surface area contributed by atoms with E-state index in [9.17, 15) is 36.7 Å². The van der Waals surface area contributed by atoms with Crippen LogP contribution < -0.4 is 20.4 Å². The van der Waals surface area contributed by atoms with E-state index < -0.39 is 45.2 Å². The SMILES string of the molecule is Cc1c(C(=O)O)c(-c2cccc(N3CCN(c4ccc([C@@H]5CCN(O)P5(=O)c5ccc(N[C@H](CCN(C)C)CSc6ccccc6)c(S(=O)(=O)C(F)(F)F)c5)cc4)CC3)c2)c(-c2ccc(Cl)cc2)n1C(C)C. The van der Waals surface area contributed by atoms with Crippen LogP contribution in [0.1, 0.15) is 60.0 Å². The summed E-state index contributed by atoms with van der Waals surface area (Å²) < 4.78 is 87.2. The third-order valence-corrected chi connectivity index (χ3v) is 19.8. The van der Waals surface area contributed by atoms with Crippen molar-refractivity contribution in [3.63, 3.8) is 0 Å². The van der Waals surface area contributed by atoms with Crippen molar-refractivity contribution in [2.75, 3.05) is 74.2 Å². The molecule has 0 spiro atoms. The van der Waals surface area contributed by atoms with Gasteiger partial charge in [-0.1, -0.05) is 66.2 Å². The van der Waals surface area contributed by atoms with Crippen molar-refractivity contribution in [3.05, 3.63) is 143 Å². The Morgan fingerprint density at radius 3 is 2.12 bits per heavy atom. The van der Waals surface area contributed by atoms with Gasteiger partial charge in [-0.2, -0.15) is 13.2 Å². The molecule has 0 radical (unpaired) electrons. The number of halogens is 4. The summed E-state index contributed by atoms with van der Waals surface area (Å²) in [7, 11) is -6.32. The van der Waals surface area contributed by atoms with Crippen LogP contribution in [0, 0.1) is 6.92 Å². The van der Waals surface area contributed by atoms with Crippen LogP contribution >= 0.6 is 30.7 Å². The molecule has 12 nitrogen and oxygen atoms in total. The fourth-order valence-electron chi connectivity index (χ4n) is 9.90. The first kappa shape index (κ1) is 53.0. The first-order valence-corrected chi connectivity index (χ1v) is 28.3. The standard InChI is InChI=1S/C53H59ClF3N6O6PS2/c1-35(2)63-36(3)49(52(64)65)50(51(63)38-14-18-40(54)19-15-38)39-10-9-11-43(32-39)61-30-28-60(29-31-61)42-20-16-37(17-21-42)47-25-27-62(66)70(47,67)44-22-23-46(48(33-44)72(68,69)53(55,56)57)58-41(24-26-59(4)5)34-71-45-12-7-6-8-13-45/h6-23,32-33,35,41,47,58,66H,24-31,34H2,1-5H3,(H,64,65)/t41-,47+,70?/m1/s1. The van der Waals surface area contributed by atoms with Gasteiger partial charge in [0.05, 0.1) is 22.6 Å². The highest BCUT2D eigenvalue weighted by Gasteiger charge is 2.51. The van der Waals surface area contributed by atoms with E-state index in [1.54, 1.807) is 12.1 Å². The predicted molar refractivity (Wildman–Crippen MR) is 284 cm³/mol. The number of benzene rings is 5. The Balaban J connectivity index is 1.02. The van der Waals surface area contributed by atoms with Crippen molar-refractivity contribution >= 4 is 68.8 Å². The van der Waals surface area contributed by atoms with Gasteiger partial charge in [0, 0.05) is 88.4 Å². The lowest BCUT2D eigenvalue weighted by Crippen LogP contribution is -2.46. The molecular formula is C53H59ClF3N6O6PS2. The highest BCUT2D eigenvalue weighted by Crippen LogP contribution is 2.66. The molecule has 1 aromatic heterocycles. The molecule has 0 amide bonds. The lowest BCUT2D eigenvalue weighted by atomic mass is 9.96. The van der Waals surface area contributed by atoms with Crippen molar-refractivity contribution < 1.29 is 41.3 Å². The average Bonchev–Trinajstić information content (AvgIpc) is 3.85. The van der Waals surface area contributed by atoms with Crippen LogP contribution in [0.2, 0.25) is 5.02 Å². The Kier molecular flexibility index (Phi) is 16.0. The number of rotatable bonds is 17. The fraction of sp³-hybridized carbons (Fsp3) is 0.340. The summed E-state index contributed by atoms with van der Waals surface area (Å²) in [6.45, 7) is 9.04. The number of aromatic nitrogens is 1. The molecule has 1 unspecified atom stereocenters. The van der Waals surface area contributed by atoms with Gasteiger partial charge in [0.1, 0.15) is 4.90 Å². The number of sulfone groups is 1. The molecule has 382 valence electrons. The van der Waals surface area contributed by atoms with Crippen LogP contribution in [-0.2, 0) is 14.4 Å². The maximum atomic E-state index is 15.2. The predicted octanol–water partition coefficient (Wildman–Crippen LogP) is 11.9. The molecule has 2 saturated heterocycles. The molecule has 3 N–H and O–H groups in total. The van der Waals surface area contributed by atoms with E-state index in [0.29, 0.717) is 71.6 Å². The molecule has 3 atom stereocenters. The van der Waals surface area contributed by atoms with Crippen LogP contribution in [0.5, 0.6) is 0 Å². The Hall–Kier alpha value is -5.26. The van der Waals surface area contributed by atoms with E-state index in [1.807, 2.05) is 131 Å². The molecule has 8 rings (SSSR count). The van der Waals surface area contributed by atoms with Crippen LogP contribution in [0.25, 0.3) is 22.4 Å². The number of carboxylic acid groups (broad SMARTS) is 1. The summed E-state index contributed by atoms with van der Waals surface area (Å²) in [6.07, 6.45) is 0.704. The summed E-state index contributed by atoms with van der Waals surface area (Å²) >= 11 is 7.76. The van der Waals surface area contributed by atoms with Gasteiger partial charge in [0.2, 0.25) is 7.29 Å². The van der Waals surface area contributed by atoms with E-state index in [4.69, 9.17) is 11.6 Å². The first-order chi connectivity index (χ1) is 34.2. The molecule has 2 aliphatic rings. The number of piperazine rings is 1. The van der Waals surface area contributed by atoms with Gasteiger partial charge in [0.15, 0.2) is 0 Å². The summed E-state index contributed by atoms with van der Waals surface area (Å²) in [5, 5.41) is 25.3. The first-order valence-electron chi connectivity index (χ1n) is 23.7. The van der Waals surface area contributed by atoms with E-state index in [-0.39, 0.29) is 35.6 Å². The Bertz CT molecular complexity index is 3060. The number of hydrogen-bond acceptors (Lipinski definition) is 10. The van der Waals surface area contributed by atoms with Crippen molar-refractivity contribution in [1.29, 1.82) is 0 Å².